The fourth-order valence-electron chi connectivity index (χ4n) is 1.76. The molecule has 0 fully saturated rings. The Labute approximate surface area is 157 Å². The lowest BCUT2D eigenvalue weighted by atomic mass is 10.1. The van der Waals surface area contributed by atoms with Crippen LogP contribution in [-0.2, 0) is 19.6 Å². The molecule has 3 amide bonds. The number of sulfonamides is 1. The average molecular weight is 395 g/mol. The number of urea groups is 1. The molecule has 0 saturated heterocycles. The Bertz CT molecular complexity index is 865. The molecule has 0 aliphatic rings. The maximum Gasteiger partial charge on any atom is 0.338 e. The van der Waals surface area contributed by atoms with Crippen molar-refractivity contribution in [1.29, 1.82) is 0 Å². The smallest absolute Gasteiger partial charge is 0.338 e. The van der Waals surface area contributed by atoms with Gasteiger partial charge in [-0.1, -0.05) is 12.0 Å². The SMILES string of the molecule is C#CCNS(=O)(=O)c1cccc(C(=O)OCC(=O)NC(=O)NC(C)(C)C)c1. The molecule has 0 unspecified atom stereocenters. The molecule has 0 atom stereocenters. The number of imide groups is 1. The van der Waals surface area contributed by atoms with Gasteiger partial charge in [0, 0.05) is 5.54 Å². The fourth-order valence-corrected chi connectivity index (χ4v) is 2.74. The number of hydrogen-bond acceptors (Lipinski definition) is 6. The summed E-state index contributed by atoms with van der Waals surface area (Å²) in [5, 5.41) is 4.52. The summed E-state index contributed by atoms with van der Waals surface area (Å²) in [4.78, 5) is 35.0. The first-order valence-corrected chi connectivity index (χ1v) is 9.25. The van der Waals surface area contributed by atoms with Gasteiger partial charge >= 0.3 is 12.0 Å². The summed E-state index contributed by atoms with van der Waals surface area (Å²) in [6.45, 7) is 4.29. The Balaban J connectivity index is 2.68. The van der Waals surface area contributed by atoms with Crippen LogP contribution in [0.5, 0.6) is 0 Å². The van der Waals surface area contributed by atoms with E-state index >= 15 is 0 Å². The van der Waals surface area contributed by atoms with E-state index in [0.29, 0.717) is 0 Å². The van der Waals surface area contributed by atoms with Crippen LogP contribution in [0.4, 0.5) is 4.79 Å². The average Bonchev–Trinajstić information content (AvgIpc) is 2.56. The van der Waals surface area contributed by atoms with Crippen LogP contribution in [-0.4, -0.2) is 45.0 Å². The van der Waals surface area contributed by atoms with Crippen molar-refractivity contribution in [3.8, 4) is 12.3 Å². The zero-order chi connectivity index (χ0) is 20.7. The molecular weight excluding hydrogens is 374 g/mol. The second-order valence-corrected chi connectivity index (χ2v) is 8.15. The van der Waals surface area contributed by atoms with Crippen molar-refractivity contribution in [3.05, 3.63) is 29.8 Å². The van der Waals surface area contributed by atoms with Crippen molar-refractivity contribution in [1.82, 2.24) is 15.4 Å². The van der Waals surface area contributed by atoms with Gasteiger partial charge in [0.1, 0.15) is 0 Å². The molecule has 1 aromatic carbocycles. The minimum Gasteiger partial charge on any atom is -0.452 e. The lowest BCUT2D eigenvalue weighted by Crippen LogP contribution is -2.49. The fraction of sp³-hybridized carbons (Fsp3) is 0.353. The van der Waals surface area contributed by atoms with Crippen LogP contribution >= 0.6 is 0 Å². The number of hydrogen-bond donors (Lipinski definition) is 3. The second-order valence-electron chi connectivity index (χ2n) is 6.38. The quantitative estimate of drug-likeness (QED) is 0.471. The van der Waals surface area contributed by atoms with Gasteiger partial charge in [-0.05, 0) is 39.0 Å². The lowest BCUT2D eigenvalue weighted by molar-refractivity contribution is -0.123. The monoisotopic (exact) mass is 395 g/mol. The largest absolute Gasteiger partial charge is 0.452 e. The zero-order valence-electron chi connectivity index (χ0n) is 15.2. The molecule has 3 N–H and O–H groups in total. The Kier molecular flexibility index (Phi) is 7.51. The first-order chi connectivity index (χ1) is 12.4. The molecule has 146 valence electrons. The van der Waals surface area contributed by atoms with Crippen molar-refractivity contribution >= 4 is 27.9 Å². The minimum atomic E-state index is -3.88. The van der Waals surface area contributed by atoms with E-state index < -0.39 is 40.1 Å². The highest BCUT2D eigenvalue weighted by Crippen LogP contribution is 2.12. The van der Waals surface area contributed by atoms with Gasteiger partial charge in [-0.25, -0.2) is 18.0 Å². The molecule has 0 aliphatic carbocycles. The van der Waals surface area contributed by atoms with Crippen molar-refractivity contribution < 1.29 is 27.5 Å². The maximum absolute atomic E-state index is 12.0. The van der Waals surface area contributed by atoms with E-state index in [4.69, 9.17) is 11.2 Å². The van der Waals surface area contributed by atoms with E-state index in [1.54, 1.807) is 20.8 Å². The van der Waals surface area contributed by atoms with Crippen LogP contribution in [0.15, 0.2) is 29.2 Å². The van der Waals surface area contributed by atoms with Crippen molar-refractivity contribution in [2.75, 3.05) is 13.2 Å². The van der Waals surface area contributed by atoms with Gasteiger partial charge in [-0.2, -0.15) is 4.72 Å². The topological polar surface area (TPSA) is 131 Å². The molecule has 0 aliphatic heterocycles. The Hall–Kier alpha value is -2.90. The molecule has 0 spiro atoms. The molecule has 0 bridgehead atoms. The van der Waals surface area contributed by atoms with E-state index in [1.807, 2.05) is 5.32 Å². The molecule has 0 radical (unpaired) electrons. The number of ether oxygens (including phenoxy) is 1. The number of terminal acetylenes is 1. The standard InChI is InChI=1S/C17H21N3O6S/c1-5-9-18-27(24,25)13-8-6-7-12(10-13)15(22)26-11-14(21)19-16(23)20-17(2,3)4/h1,6-8,10,18H,9,11H2,2-4H3,(H2,19,20,21,23). The number of benzene rings is 1. The van der Waals surface area contributed by atoms with Gasteiger partial charge in [-0.3, -0.25) is 10.1 Å². The molecule has 1 aromatic rings. The number of nitrogens with one attached hydrogen (secondary N) is 3. The van der Waals surface area contributed by atoms with Gasteiger partial charge in [0.25, 0.3) is 5.91 Å². The summed E-state index contributed by atoms with van der Waals surface area (Å²) in [5.74, 6) is 0.384. The van der Waals surface area contributed by atoms with Crippen LogP contribution in [0.1, 0.15) is 31.1 Å². The van der Waals surface area contributed by atoms with Gasteiger partial charge in [-0.15, -0.1) is 6.42 Å². The van der Waals surface area contributed by atoms with E-state index in [1.165, 1.54) is 18.2 Å². The third-order valence-corrected chi connectivity index (χ3v) is 4.22. The molecule has 0 heterocycles. The van der Waals surface area contributed by atoms with Gasteiger partial charge < -0.3 is 10.1 Å². The minimum absolute atomic E-state index is 0.0782. The maximum atomic E-state index is 12.0. The molecular formula is C17H21N3O6S. The number of amides is 3. The molecule has 1 rings (SSSR count). The first kappa shape index (κ1) is 22.1. The number of carbonyl (C=O) groups excluding carboxylic acids is 3. The predicted molar refractivity (Wildman–Crippen MR) is 97.2 cm³/mol. The molecule has 27 heavy (non-hydrogen) atoms. The zero-order valence-corrected chi connectivity index (χ0v) is 16.0. The van der Waals surface area contributed by atoms with Crippen LogP contribution < -0.4 is 15.4 Å². The van der Waals surface area contributed by atoms with Gasteiger partial charge in [0.05, 0.1) is 17.0 Å². The van der Waals surface area contributed by atoms with Crippen LogP contribution in [0.25, 0.3) is 0 Å². The summed E-state index contributed by atoms with van der Waals surface area (Å²) < 4.78 is 30.9. The summed E-state index contributed by atoms with van der Waals surface area (Å²) in [6, 6.07) is 4.31. The lowest BCUT2D eigenvalue weighted by Gasteiger charge is -2.20. The summed E-state index contributed by atoms with van der Waals surface area (Å²) in [6.07, 6.45) is 5.01. The third kappa shape index (κ3) is 7.89. The van der Waals surface area contributed by atoms with Crippen LogP contribution in [0.2, 0.25) is 0 Å². The Morgan fingerprint density at radius 1 is 1.22 bits per heavy atom. The van der Waals surface area contributed by atoms with Crippen LogP contribution in [0.3, 0.4) is 0 Å². The highest BCUT2D eigenvalue weighted by atomic mass is 32.2. The number of rotatable bonds is 6. The van der Waals surface area contributed by atoms with Gasteiger partial charge in [0.15, 0.2) is 6.61 Å². The first-order valence-electron chi connectivity index (χ1n) is 7.77. The van der Waals surface area contributed by atoms with E-state index in [2.05, 4.69) is 16.0 Å². The summed E-state index contributed by atoms with van der Waals surface area (Å²) in [7, 11) is -3.88. The van der Waals surface area contributed by atoms with Crippen LogP contribution in [0, 0.1) is 12.3 Å². The predicted octanol–water partition coefficient (Wildman–Crippen LogP) is 0.379. The van der Waals surface area contributed by atoms with Crippen molar-refractivity contribution in [2.45, 2.75) is 31.2 Å². The summed E-state index contributed by atoms with van der Waals surface area (Å²) >= 11 is 0. The van der Waals surface area contributed by atoms with E-state index in [9.17, 15) is 22.8 Å². The highest BCUT2D eigenvalue weighted by Gasteiger charge is 2.19. The van der Waals surface area contributed by atoms with Crippen molar-refractivity contribution in [2.24, 2.45) is 0 Å². The van der Waals surface area contributed by atoms with E-state index in [-0.39, 0.29) is 17.0 Å². The molecule has 0 saturated carbocycles. The Morgan fingerprint density at radius 3 is 2.48 bits per heavy atom. The van der Waals surface area contributed by atoms with Crippen molar-refractivity contribution in [3.63, 3.8) is 0 Å². The highest BCUT2D eigenvalue weighted by molar-refractivity contribution is 7.89. The Morgan fingerprint density at radius 2 is 1.89 bits per heavy atom. The third-order valence-electron chi connectivity index (χ3n) is 2.82. The summed E-state index contributed by atoms with van der Waals surface area (Å²) in [5.41, 5.74) is -0.619. The van der Waals surface area contributed by atoms with E-state index in [0.717, 1.165) is 6.07 Å². The number of esters is 1. The molecule has 0 aromatic heterocycles. The normalized spacial score (nSPS) is 11.2. The number of carbonyl (C=O) groups is 3. The molecule has 10 heteroatoms. The molecule has 9 nitrogen and oxygen atoms in total. The van der Waals surface area contributed by atoms with Gasteiger partial charge in [0.2, 0.25) is 10.0 Å². The second kappa shape index (κ2) is 9.16.